The lowest BCUT2D eigenvalue weighted by Crippen LogP contribution is -2.52. The highest BCUT2D eigenvalue weighted by molar-refractivity contribution is 5.74. The Kier molecular flexibility index (Phi) is 7.03. The molecule has 2 fully saturated rings. The molecule has 3 N–H and O–H groups in total. The molecule has 188 valence electrons. The highest BCUT2D eigenvalue weighted by atomic mass is 16.5. The van der Waals surface area contributed by atoms with E-state index in [4.69, 9.17) is 20.2 Å². The largest absolute Gasteiger partial charge is 0.474 e. The summed E-state index contributed by atoms with van der Waals surface area (Å²) in [6, 6.07) is 7.37. The monoisotopic (exact) mass is 491 g/mol. The van der Waals surface area contributed by atoms with Crippen LogP contribution in [0.25, 0.3) is 11.3 Å². The van der Waals surface area contributed by atoms with Gasteiger partial charge in [0.05, 0.1) is 31.1 Å². The van der Waals surface area contributed by atoms with E-state index in [9.17, 15) is 4.79 Å². The molecule has 1 aliphatic carbocycles. The Labute approximate surface area is 208 Å². The quantitative estimate of drug-likeness (QED) is 0.499. The first-order chi connectivity index (χ1) is 17.5. The van der Waals surface area contributed by atoms with Gasteiger partial charge in [0.2, 0.25) is 17.8 Å². The van der Waals surface area contributed by atoms with Gasteiger partial charge >= 0.3 is 6.03 Å². The van der Waals surface area contributed by atoms with E-state index < -0.39 is 0 Å². The molecule has 1 saturated carbocycles. The summed E-state index contributed by atoms with van der Waals surface area (Å²) in [6.45, 7) is 3.03. The number of amides is 2. The van der Waals surface area contributed by atoms with Crippen LogP contribution in [0.3, 0.4) is 0 Å². The van der Waals surface area contributed by atoms with Gasteiger partial charge in [-0.2, -0.15) is 4.98 Å². The molecule has 0 radical (unpaired) electrons. The van der Waals surface area contributed by atoms with Crippen LogP contribution in [-0.4, -0.2) is 81.3 Å². The predicted octanol–water partition coefficient (Wildman–Crippen LogP) is 1.50. The Morgan fingerprint density at radius 2 is 1.97 bits per heavy atom. The molecule has 1 aliphatic heterocycles. The molecular weight excluding hydrogens is 462 g/mol. The second-order valence-electron chi connectivity index (χ2n) is 8.78. The van der Waals surface area contributed by atoms with Crippen LogP contribution in [-0.2, 0) is 11.3 Å². The number of hydrogen-bond acceptors (Lipinski definition) is 10. The van der Waals surface area contributed by atoms with Crippen LogP contribution in [0.4, 0.5) is 16.7 Å². The average Bonchev–Trinajstić information content (AvgIpc) is 2.90. The molecular formula is C24H29N9O3. The van der Waals surface area contributed by atoms with E-state index in [-0.39, 0.29) is 24.1 Å². The summed E-state index contributed by atoms with van der Waals surface area (Å²) in [7, 11) is 1.80. The number of carbonyl (C=O) groups excluding carboxylic acids is 1. The van der Waals surface area contributed by atoms with Gasteiger partial charge in [0.15, 0.2) is 0 Å². The van der Waals surface area contributed by atoms with Gasteiger partial charge in [0, 0.05) is 69.2 Å². The van der Waals surface area contributed by atoms with Crippen LogP contribution in [0.15, 0.2) is 42.9 Å². The van der Waals surface area contributed by atoms with Crippen molar-refractivity contribution in [1.82, 2.24) is 35.1 Å². The van der Waals surface area contributed by atoms with Crippen LogP contribution < -0.4 is 20.7 Å². The number of rotatable bonds is 7. The summed E-state index contributed by atoms with van der Waals surface area (Å²) in [5.74, 6) is 1.25. The molecule has 2 aliphatic rings. The summed E-state index contributed by atoms with van der Waals surface area (Å²) >= 11 is 0. The maximum Gasteiger partial charge on any atom is 0.317 e. The van der Waals surface area contributed by atoms with Gasteiger partial charge in [0.1, 0.15) is 6.10 Å². The molecule has 12 heteroatoms. The molecule has 0 atom stereocenters. The predicted molar refractivity (Wildman–Crippen MR) is 132 cm³/mol. The molecule has 36 heavy (non-hydrogen) atoms. The van der Waals surface area contributed by atoms with Crippen molar-refractivity contribution in [2.75, 3.05) is 44.0 Å². The van der Waals surface area contributed by atoms with E-state index in [1.165, 1.54) is 0 Å². The third kappa shape index (κ3) is 5.60. The van der Waals surface area contributed by atoms with Gasteiger partial charge in [-0.25, -0.2) is 19.7 Å². The smallest absolute Gasteiger partial charge is 0.317 e. The lowest BCUT2D eigenvalue weighted by Gasteiger charge is -2.40. The molecule has 5 rings (SSSR count). The number of aromatic nitrogens is 5. The fraction of sp³-hybridized carbons (Fsp3) is 0.417. The van der Waals surface area contributed by atoms with Crippen molar-refractivity contribution in [1.29, 1.82) is 0 Å². The normalized spacial score (nSPS) is 19.3. The summed E-state index contributed by atoms with van der Waals surface area (Å²) < 4.78 is 11.7. The number of nitrogens with zero attached hydrogens (tertiary/aromatic N) is 7. The number of nitrogens with two attached hydrogens (primary N) is 1. The van der Waals surface area contributed by atoms with Crippen molar-refractivity contribution in [3.8, 4) is 17.1 Å². The van der Waals surface area contributed by atoms with E-state index >= 15 is 0 Å². The Bertz CT molecular complexity index is 1170. The SMILES string of the molecule is CN(C(=O)NCc1ccccn1)C1CC(Oc2cc(-c3cnc(N)nc3)nc(N3CCOCC3)n2)C1. The maximum absolute atomic E-state index is 12.5. The number of pyridine rings is 1. The van der Waals surface area contributed by atoms with Crippen LogP contribution in [0.2, 0.25) is 0 Å². The molecule has 0 spiro atoms. The van der Waals surface area contributed by atoms with Gasteiger partial charge < -0.3 is 30.3 Å². The van der Waals surface area contributed by atoms with E-state index in [1.54, 1.807) is 36.6 Å². The Morgan fingerprint density at radius 1 is 1.19 bits per heavy atom. The second kappa shape index (κ2) is 10.7. The number of ether oxygens (including phenoxy) is 2. The Balaban J connectivity index is 1.22. The molecule has 1 saturated heterocycles. The number of nitrogen functional groups attached to an aromatic ring is 1. The van der Waals surface area contributed by atoms with Crippen molar-refractivity contribution in [3.05, 3.63) is 48.5 Å². The number of nitrogens with one attached hydrogen (secondary N) is 1. The lowest BCUT2D eigenvalue weighted by molar-refractivity contribution is 0.0405. The number of anilines is 2. The first-order valence-corrected chi connectivity index (χ1v) is 11.9. The van der Waals surface area contributed by atoms with Gasteiger partial charge in [-0.3, -0.25) is 4.98 Å². The van der Waals surface area contributed by atoms with E-state index in [1.807, 2.05) is 18.2 Å². The first-order valence-electron chi connectivity index (χ1n) is 11.9. The molecule has 3 aromatic rings. The van der Waals surface area contributed by atoms with Crippen molar-refractivity contribution in [3.63, 3.8) is 0 Å². The summed E-state index contributed by atoms with van der Waals surface area (Å²) in [5, 5.41) is 2.91. The minimum Gasteiger partial charge on any atom is -0.474 e. The lowest BCUT2D eigenvalue weighted by atomic mass is 9.88. The molecule has 4 heterocycles. The van der Waals surface area contributed by atoms with E-state index in [2.05, 4.69) is 30.2 Å². The number of carbonyl (C=O) groups is 1. The van der Waals surface area contributed by atoms with Crippen LogP contribution in [0.5, 0.6) is 5.88 Å². The molecule has 3 aromatic heterocycles. The number of urea groups is 1. The van der Waals surface area contributed by atoms with E-state index in [0.717, 1.165) is 11.3 Å². The minimum absolute atomic E-state index is 0.0519. The van der Waals surface area contributed by atoms with Crippen molar-refractivity contribution in [2.45, 2.75) is 31.5 Å². The van der Waals surface area contributed by atoms with E-state index in [0.29, 0.717) is 63.2 Å². The van der Waals surface area contributed by atoms with Crippen molar-refractivity contribution in [2.24, 2.45) is 0 Å². The first kappa shape index (κ1) is 23.7. The summed E-state index contributed by atoms with van der Waals surface area (Å²) in [5.41, 5.74) is 7.84. The summed E-state index contributed by atoms with van der Waals surface area (Å²) in [4.78, 5) is 38.1. The molecule has 0 unspecified atom stereocenters. The average molecular weight is 492 g/mol. The number of morpholine rings is 1. The van der Waals surface area contributed by atoms with Crippen LogP contribution in [0.1, 0.15) is 18.5 Å². The highest BCUT2D eigenvalue weighted by Crippen LogP contribution is 2.31. The van der Waals surface area contributed by atoms with Crippen LogP contribution >= 0.6 is 0 Å². The summed E-state index contributed by atoms with van der Waals surface area (Å²) in [6.07, 6.45) is 6.35. The van der Waals surface area contributed by atoms with Gasteiger partial charge in [-0.05, 0) is 12.1 Å². The maximum atomic E-state index is 12.5. The zero-order valence-electron chi connectivity index (χ0n) is 20.1. The van der Waals surface area contributed by atoms with Gasteiger partial charge in [0.25, 0.3) is 0 Å². The molecule has 0 aromatic carbocycles. The highest BCUT2D eigenvalue weighted by Gasteiger charge is 2.36. The molecule has 0 bridgehead atoms. The minimum atomic E-state index is -0.133. The standard InChI is InChI=1S/C24H29N9O3/c1-32(24(34)29-15-17-4-2-3-5-26-17)18-10-19(11-18)36-21-12-20(16-13-27-22(25)28-14-16)30-23(31-21)33-6-8-35-9-7-33/h2-5,12-14,18-19H,6-11,15H2,1H3,(H,29,34)(H2,25,27,28). The van der Waals surface area contributed by atoms with Gasteiger partial charge in [-0.15, -0.1) is 0 Å². The fourth-order valence-electron chi connectivity index (χ4n) is 4.08. The van der Waals surface area contributed by atoms with Crippen molar-refractivity contribution >= 4 is 17.9 Å². The van der Waals surface area contributed by atoms with Crippen LogP contribution in [0, 0.1) is 0 Å². The number of hydrogen-bond donors (Lipinski definition) is 2. The topological polar surface area (TPSA) is 145 Å². The molecule has 12 nitrogen and oxygen atoms in total. The van der Waals surface area contributed by atoms with Crippen molar-refractivity contribution < 1.29 is 14.3 Å². The Morgan fingerprint density at radius 3 is 2.69 bits per heavy atom. The molecule has 2 amide bonds. The zero-order chi connectivity index (χ0) is 24.9. The fourth-order valence-corrected chi connectivity index (χ4v) is 4.08. The van der Waals surface area contributed by atoms with Gasteiger partial charge in [-0.1, -0.05) is 6.07 Å². The zero-order valence-corrected chi connectivity index (χ0v) is 20.1. The second-order valence-corrected chi connectivity index (χ2v) is 8.78. The third-order valence-electron chi connectivity index (χ3n) is 6.32. The Hall–Kier alpha value is -4.06. The third-order valence-corrected chi connectivity index (χ3v) is 6.32.